The number of carbonyl (C=O) groups is 1. The first kappa shape index (κ1) is 20.5. The summed E-state index contributed by atoms with van der Waals surface area (Å²) in [4.78, 5) is 10.6. The van der Waals surface area contributed by atoms with Crippen LogP contribution < -0.4 is 0 Å². The summed E-state index contributed by atoms with van der Waals surface area (Å²) in [5, 5.41) is 8.69. The lowest BCUT2D eigenvalue weighted by Gasteiger charge is -2.01. The van der Waals surface area contributed by atoms with E-state index in [1.165, 1.54) is 63.4 Å². The number of aliphatic carboxylic acids is 1. The summed E-state index contributed by atoms with van der Waals surface area (Å²) in [5.74, 6) is -0.736. The molecule has 0 saturated heterocycles. The second-order valence-electron chi connectivity index (χ2n) is 6.65. The molecule has 1 aromatic carbocycles. The summed E-state index contributed by atoms with van der Waals surface area (Å²) >= 11 is 0. The molecule has 0 aromatic heterocycles. The fourth-order valence-electron chi connectivity index (χ4n) is 2.84. The highest BCUT2D eigenvalue weighted by Gasteiger charge is 1.98. The maximum absolute atomic E-state index is 10.6. The van der Waals surface area contributed by atoms with E-state index in [-0.39, 0.29) is 6.42 Å². The van der Waals surface area contributed by atoms with Crippen LogP contribution >= 0.6 is 0 Å². The van der Waals surface area contributed by atoms with Crippen molar-refractivity contribution in [2.45, 2.75) is 84.0 Å². The fraction of sp³-hybridized carbons (Fsp3) is 0.591. The zero-order valence-corrected chi connectivity index (χ0v) is 15.3. The van der Waals surface area contributed by atoms with Crippen LogP contribution in [-0.4, -0.2) is 11.1 Å². The van der Waals surface area contributed by atoms with Gasteiger partial charge in [0.25, 0.3) is 0 Å². The second-order valence-corrected chi connectivity index (χ2v) is 6.65. The van der Waals surface area contributed by atoms with Gasteiger partial charge in [-0.15, -0.1) is 0 Å². The Morgan fingerprint density at radius 1 is 0.917 bits per heavy atom. The van der Waals surface area contributed by atoms with E-state index < -0.39 is 5.97 Å². The highest BCUT2D eigenvalue weighted by molar-refractivity contribution is 5.67. The van der Waals surface area contributed by atoms with Crippen molar-refractivity contribution in [3.63, 3.8) is 0 Å². The number of unbranched alkanes of at least 4 members (excludes halogenated alkanes) is 9. The van der Waals surface area contributed by atoms with Gasteiger partial charge in [0.1, 0.15) is 0 Å². The number of carboxylic acids is 1. The monoisotopic (exact) mass is 330 g/mol. The number of hydrogen-bond acceptors (Lipinski definition) is 1. The molecule has 2 nitrogen and oxygen atoms in total. The minimum absolute atomic E-state index is 0.202. The van der Waals surface area contributed by atoms with Crippen LogP contribution in [0.1, 0.15) is 88.7 Å². The van der Waals surface area contributed by atoms with Crippen molar-refractivity contribution in [1.82, 2.24) is 0 Å². The molecule has 0 atom stereocenters. The molecule has 1 aromatic rings. The van der Waals surface area contributed by atoms with Crippen LogP contribution in [0.25, 0.3) is 6.08 Å². The lowest BCUT2D eigenvalue weighted by Crippen LogP contribution is -1.97. The van der Waals surface area contributed by atoms with E-state index in [0.29, 0.717) is 6.42 Å². The van der Waals surface area contributed by atoms with Crippen molar-refractivity contribution in [3.05, 3.63) is 41.5 Å². The Balaban J connectivity index is 2.05. The van der Waals surface area contributed by atoms with Crippen molar-refractivity contribution >= 4 is 12.0 Å². The molecule has 0 fully saturated rings. The van der Waals surface area contributed by atoms with E-state index in [0.717, 1.165) is 12.0 Å². The Kier molecular flexibility index (Phi) is 11.8. The lowest BCUT2D eigenvalue weighted by molar-refractivity contribution is -0.136. The zero-order valence-electron chi connectivity index (χ0n) is 15.3. The number of benzene rings is 1. The molecule has 0 aliphatic rings. The lowest BCUT2D eigenvalue weighted by atomic mass is 10.1. The smallest absolute Gasteiger partial charge is 0.303 e. The molecule has 0 amide bonds. The molecule has 0 radical (unpaired) electrons. The minimum Gasteiger partial charge on any atom is -0.481 e. The van der Waals surface area contributed by atoms with Crippen molar-refractivity contribution < 1.29 is 9.90 Å². The van der Waals surface area contributed by atoms with E-state index in [4.69, 9.17) is 5.11 Å². The number of hydrogen-bond donors (Lipinski definition) is 1. The van der Waals surface area contributed by atoms with Gasteiger partial charge in [-0.1, -0.05) is 94.7 Å². The summed E-state index contributed by atoms with van der Waals surface area (Å²) in [5.41, 5.74) is 2.29. The molecule has 0 bridgehead atoms. The Labute approximate surface area is 148 Å². The Morgan fingerprint density at radius 3 is 2.08 bits per heavy atom. The third-order valence-electron chi connectivity index (χ3n) is 4.39. The van der Waals surface area contributed by atoms with Gasteiger partial charge in [0.2, 0.25) is 0 Å². The number of rotatable bonds is 14. The SMILES string of the molecule is CCCCCCCCCCC/C=C\c1ccc(CCC(=O)O)cc1. The van der Waals surface area contributed by atoms with Crippen molar-refractivity contribution in [2.75, 3.05) is 0 Å². The van der Waals surface area contributed by atoms with E-state index in [9.17, 15) is 4.79 Å². The average Bonchev–Trinajstić information content (AvgIpc) is 2.59. The van der Waals surface area contributed by atoms with E-state index in [1.54, 1.807) is 0 Å². The van der Waals surface area contributed by atoms with Gasteiger partial charge in [0, 0.05) is 6.42 Å². The third-order valence-corrected chi connectivity index (χ3v) is 4.39. The quantitative estimate of drug-likeness (QED) is 0.388. The minimum atomic E-state index is -0.736. The largest absolute Gasteiger partial charge is 0.481 e. The predicted octanol–water partition coefficient (Wildman–Crippen LogP) is 6.64. The van der Waals surface area contributed by atoms with E-state index >= 15 is 0 Å². The molecule has 1 N–H and O–H groups in total. The number of carboxylic acid groups (broad SMARTS) is 1. The van der Waals surface area contributed by atoms with Crippen molar-refractivity contribution in [3.8, 4) is 0 Å². The predicted molar refractivity (Wildman–Crippen MR) is 103 cm³/mol. The van der Waals surface area contributed by atoms with Gasteiger partial charge in [0.15, 0.2) is 0 Å². The topological polar surface area (TPSA) is 37.3 Å². The summed E-state index contributed by atoms with van der Waals surface area (Å²) in [6.45, 7) is 2.27. The maximum atomic E-state index is 10.6. The molecule has 24 heavy (non-hydrogen) atoms. The molecule has 1 rings (SSSR count). The first-order chi connectivity index (χ1) is 11.7. The van der Waals surface area contributed by atoms with Gasteiger partial charge in [-0.2, -0.15) is 0 Å². The van der Waals surface area contributed by atoms with Crippen LogP contribution in [-0.2, 0) is 11.2 Å². The van der Waals surface area contributed by atoms with Crippen LogP contribution in [0, 0.1) is 0 Å². The Morgan fingerprint density at radius 2 is 1.50 bits per heavy atom. The highest BCUT2D eigenvalue weighted by atomic mass is 16.4. The molecule has 0 spiro atoms. The highest BCUT2D eigenvalue weighted by Crippen LogP contribution is 2.12. The van der Waals surface area contributed by atoms with Gasteiger partial charge in [-0.25, -0.2) is 0 Å². The average molecular weight is 331 g/mol. The Hall–Kier alpha value is -1.57. The van der Waals surface area contributed by atoms with Crippen LogP contribution in [0.4, 0.5) is 0 Å². The molecule has 2 heteroatoms. The molecule has 134 valence electrons. The van der Waals surface area contributed by atoms with Crippen LogP contribution in [0.3, 0.4) is 0 Å². The molecular formula is C22H34O2. The van der Waals surface area contributed by atoms with Crippen molar-refractivity contribution in [1.29, 1.82) is 0 Å². The Bertz CT molecular complexity index is 459. The molecule has 0 unspecified atom stereocenters. The van der Waals surface area contributed by atoms with Crippen LogP contribution in [0.5, 0.6) is 0 Å². The third kappa shape index (κ3) is 11.0. The van der Waals surface area contributed by atoms with Crippen LogP contribution in [0.15, 0.2) is 30.3 Å². The van der Waals surface area contributed by atoms with Gasteiger partial charge in [0.05, 0.1) is 0 Å². The standard InChI is InChI=1S/C22H34O2/c1-2-3-4-5-6-7-8-9-10-11-12-13-20-14-16-21(17-15-20)18-19-22(23)24/h12-17H,2-11,18-19H2,1H3,(H,23,24)/b13-12-. The van der Waals surface area contributed by atoms with Gasteiger partial charge < -0.3 is 5.11 Å². The zero-order chi connectivity index (χ0) is 17.5. The molecular weight excluding hydrogens is 296 g/mol. The van der Waals surface area contributed by atoms with Crippen molar-refractivity contribution in [2.24, 2.45) is 0 Å². The fourth-order valence-corrected chi connectivity index (χ4v) is 2.84. The summed E-state index contributed by atoms with van der Waals surface area (Å²) in [7, 11) is 0. The van der Waals surface area contributed by atoms with E-state index in [1.807, 2.05) is 12.1 Å². The molecule has 0 saturated carbocycles. The summed E-state index contributed by atoms with van der Waals surface area (Å²) in [6.07, 6.45) is 18.7. The summed E-state index contributed by atoms with van der Waals surface area (Å²) in [6, 6.07) is 8.20. The molecule has 0 heterocycles. The molecule has 0 aliphatic carbocycles. The van der Waals surface area contributed by atoms with E-state index in [2.05, 4.69) is 31.2 Å². The first-order valence-electron chi connectivity index (χ1n) is 9.69. The number of allylic oxidation sites excluding steroid dienone is 1. The van der Waals surface area contributed by atoms with Gasteiger partial charge in [-0.3, -0.25) is 4.79 Å². The number of aryl methyl sites for hydroxylation is 1. The second kappa shape index (κ2) is 13.8. The van der Waals surface area contributed by atoms with Gasteiger partial charge in [-0.05, 0) is 30.4 Å². The van der Waals surface area contributed by atoms with Crippen LogP contribution in [0.2, 0.25) is 0 Å². The summed E-state index contributed by atoms with van der Waals surface area (Å²) < 4.78 is 0. The normalized spacial score (nSPS) is 11.2. The molecule has 0 aliphatic heterocycles. The van der Waals surface area contributed by atoms with Gasteiger partial charge >= 0.3 is 5.97 Å². The first-order valence-corrected chi connectivity index (χ1v) is 9.69. The maximum Gasteiger partial charge on any atom is 0.303 e.